The lowest BCUT2D eigenvalue weighted by Gasteiger charge is -2.31. The van der Waals surface area contributed by atoms with Gasteiger partial charge in [-0.1, -0.05) is 6.07 Å². The molecule has 2 aliphatic rings. The molecule has 0 amide bonds. The van der Waals surface area contributed by atoms with Crippen molar-refractivity contribution in [2.75, 3.05) is 23.3 Å². The highest BCUT2D eigenvalue weighted by Gasteiger charge is 2.23. The normalized spacial score (nSPS) is 21.6. The fourth-order valence-corrected chi connectivity index (χ4v) is 5.50. The molecule has 1 saturated carbocycles. The quantitative estimate of drug-likeness (QED) is 0.552. The SMILES string of the molecule is Cc1cnc(N[C@H]2CC[C@@H](Cc3cc(N4CCCCC4)cc4nccnc34)CC2)c(C)c1. The minimum Gasteiger partial charge on any atom is -0.371 e. The third kappa shape index (κ3) is 4.72. The van der Waals surface area contributed by atoms with Gasteiger partial charge in [0, 0.05) is 43.4 Å². The van der Waals surface area contributed by atoms with Gasteiger partial charge < -0.3 is 10.2 Å². The van der Waals surface area contributed by atoms with Crippen LogP contribution in [0.2, 0.25) is 0 Å². The van der Waals surface area contributed by atoms with Crippen molar-refractivity contribution in [2.24, 2.45) is 5.92 Å². The molecule has 3 aromatic rings. The maximum absolute atomic E-state index is 4.72. The molecule has 32 heavy (non-hydrogen) atoms. The second kappa shape index (κ2) is 9.43. The molecular formula is C27H35N5. The molecule has 168 valence electrons. The fourth-order valence-electron chi connectivity index (χ4n) is 5.50. The number of benzene rings is 1. The molecule has 0 unspecified atom stereocenters. The van der Waals surface area contributed by atoms with Gasteiger partial charge in [0.1, 0.15) is 5.82 Å². The summed E-state index contributed by atoms with van der Waals surface area (Å²) < 4.78 is 0. The highest BCUT2D eigenvalue weighted by molar-refractivity contribution is 5.82. The van der Waals surface area contributed by atoms with E-state index in [1.165, 1.54) is 67.3 Å². The van der Waals surface area contributed by atoms with Crippen LogP contribution in [0.4, 0.5) is 11.5 Å². The number of hydrogen-bond acceptors (Lipinski definition) is 5. The van der Waals surface area contributed by atoms with Gasteiger partial charge in [-0.15, -0.1) is 0 Å². The molecule has 1 aliphatic carbocycles. The van der Waals surface area contributed by atoms with Crippen LogP contribution in [0.3, 0.4) is 0 Å². The molecule has 1 aliphatic heterocycles. The summed E-state index contributed by atoms with van der Waals surface area (Å²) in [5, 5.41) is 3.70. The van der Waals surface area contributed by atoms with Crippen LogP contribution in [0.15, 0.2) is 36.8 Å². The minimum atomic E-state index is 0.524. The van der Waals surface area contributed by atoms with Crippen molar-refractivity contribution in [2.45, 2.75) is 71.3 Å². The average molecular weight is 430 g/mol. The predicted octanol–water partition coefficient (Wildman–Crippen LogP) is 5.85. The number of nitrogens with zero attached hydrogens (tertiary/aromatic N) is 4. The largest absolute Gasteiger partial charge is 0.371 e. The Labute approximate surface area is 191 Å². The van der Waals surface area contributed by atoms with E-state index in [2.05, 4.69) is 52.2 Å². The van der Waals surface area contributed by atoms with Crippen LogP contribution in [0, 0.1) is 19.8 Å². The third-order valence-electron chi connectivity index (χ3n) is 7.27. The molecular weight excluding hydrogens is 394 g/mol. The Kier molecular flexibility index (Phi) is 6.24. The Morgan fingerprint density at radius 2 is 1.69 bits per heavy atom. The number of nitrogens with one attached hydrogen (secondary N) is 1. The summed E-state index contributed by atoms with van der Waals surface area (Å²) >= 11 is 0. The van der Waals surface area contributed by atoms with E-state index < -0.39 is 0 Å². The lowest BCUT2D eigenvalue weighted by Crippen LogP contribution is -2.29. The number of anilines is 2. The molecule has 5 nitrogen and oxygen atoms in total. The molecule has 0 radical (unpaired) electrons. The van der Waals surface area contributed by atoms with E-state index in [-0.39, 0.29) is 0 Å². The second-order valence-electron chi connectivity index (χ2n) is 9.82. The van der Waals surface area contributed by atoms with Crippen LogP contribution in [0.5, 0.6) is 0 Å². The number of rotatable bonds is 5. The van der Waals surface area contributed by atoms with Gasteiger partial charge >= 0.3 is 0 Å². The summed E-state index contributed by atoms with van der Waals surface area (Å²) in [5.41, 5.74) is 7.31. The fraction of sp³-hybridized carbons (Fsp3) is 0.519. The monoisotopic (exact) mass is 429 g/mol. The van der Waals surface area contributed by atoms with Gasteiger partial charge in [0.05, 0.1) is 11.0 Å². The first-order chi connectivity index (χ1) is 15.7. The Hall–Kier alpha value is -2.69. The standard InChI is InChI=1S/C27H35N5/c1-19-14-20(2)27(30-18-19)31-23-8-6-21(7-9-23)15-22-16-24(32-12-4-3-5-13-32)17-25-26(22)29-11-10-28-25/h10-11,14,16-18,21,23H,3-9,12-13,15H2,1-2H3,(H,30,31)/t21-,23+. The van der Waals surface area contributed by atoms with Crippen molar-refractivity contribution in [3.05, 3.63) is 53.5 Å². The van der Waals surface area contributed by atoms with Gasteiger partial charge in [-0.3, -0.25) is 9.97 Å². The van der Waals surface area contributed by atoms with Crippen LogP contribution in [-0.4, -0.2) is 34.1 Å². The zero-order valence-electron chi connectivity index (χ0n) is 19.5. The summed E-state index contributed by atoms with van der Waals surface area (Å²) in [6.07, 6.45) is 15.6. The second-order valence-corrected chi connectivity index (χ2v) is 9.82. The molecule has 3 heterocycles. The minimum absolute atomic E-state index is 0.524. The maximum Gasteiger partial charge on any atom is 0.129 e. The van der Waals surface area contributed by atoms with E-state index in [0.717, 1.165) is 36.4 Å². The van der Waals surface area contributed by atoms with E-state index in [0.29, 0.717) is 12.0 Å². The first-order valence-corrected chi connectivity index (χ1v) is 12.3. The number of fused-ring (bicyclic) bond motifs is 1. The molecule has 5 heteroatoms. The topological polar surface area (TPSA) is 53.9 Å². The Morgan fingerprint density at radius 1 is 0.906 bits per heavy atom. The highest BCUT2D eigenvalue weighted by Crippen LogP contribution is 2.33. The smallest absolute Gasteiger partial charge is 0.129 e. The number of aromatic nitrogens is 3. The van der Waals surface area contributed by atoms with Crippen LogP contribution in [-0.2, 0) is 6.42 Å². The van der Waals surface area contributed by atoms with Crippen LogP contribution in [0.1, 0.15) is 61.6 Å². The molecule has 0 atom stereocenters. The number of aryl methyl sites for hydroxylation is 2. The summed E-state index contributed by atoms with van der Waals surface area (Å²) in [6, 6.07) is 7.39. The van der Waals surface area contributed by atoms with Gasteiger partial charge in [0.15, 0.2) is 0 Å². The molecule has 2 fully saturated rings. The lowest BCUT2D eigenvalue weighted by molar-refractivity contribution is 0.336. The Balaban J connectivity index is 1.27. The van der Waals surface area contributed by atoms with Gasteiger partial charge in [-0.05, 0) is 100.0 Å². The van der Waals surface area contributed by atoms with E-state index in [4.69, 9.17) is 4.98 Å². The Bertz CT molecular complexity index is 1060. The molecule has 1 saturated heterocycles. The van der Waals surface area contributed by atoms with Crippen LogP contribution in [0.25, 0.3) is 11.0 Å². The molecule has 1 N–H and O–H groups in total. The summed E-state index contributed by atoms with van der Waals surface area (Å²) in [5.74, 6) is 1.76. The third-order valence-corrected chi connectivity index (χ3v) is 7.27. The van der Waals surface area contributed by atoms with E-state index in [1.54, 1.807) is 0 Å². The van der Waals surface area contributed by atoms with Crippen molar-refractivity contribution in [3.63, 3.8) is 0 Å². The first-order valence-electron chi connectivity index (χ1n) is 12.3. The number of piperidine rings is 1. The highest BCUT2D eigenvalue weighted by atomic mass is 15.1. The average Bonchev–Trinajstić information content (AvgIpc) is 2.82. The van der Waals surface area contributed by atoms with E-state index in [1.807, 2.05) is 18.6 Å². The van der Waals surface area contributed by atoms with Gasteiger partial charge in [-0.25, -0.2) is 4.98 Å². The molecule has 0 bridgehead atoms. The summed E-state index contributed by atoms with van der Waals surface area (Å²) in [6.45, 7) is 6.57. The Morgan fingerprint density at radius 3 is 2.47 bits per heavy atom. The zero-order valence-corrected chi connectivity index (χ0v) is 19.5. The molecule has 2 aromatic heterocycles. The van der Waals surface area contributed by atoms with Crippen LogP contribution >= 0.6 is 0 Å². The van der Waals surface area contributed by atoms with Gasteiger partial charge in [-0.2, -0.15) is 0 Å². The first kappa shape index (κ1) is 21.2. The lowest BCUT2D eigenvalue weighted by atomic mass is 9.82. The van der Waals surface area contributed by atoms with Crippen molar-refractivity contribution in [3.8, 4) is 0 Å². The zero-order chi connectivity index (χ0) is 21.9. The van der Waals surface area contributed by atoms with Gasteiger partial charge in [0.25, 0.3) is 0 Å². The van der Waals surface area contributed by atoms with E-state index in [9.17, 15) is 0 Å². The van der Waals surface area contributed by atoms with Crippen LogP contribution < -0.4 is 10.2 Å². The van der Waals surface area contributed by atoms with Gasteiger partial charge in [0.2, 0.25) is 0 Å². The molecule has 0 spiro atoms. The van der Waals surface area contributed by atoms with Crippen molar-refractivity contribution < 1.29 is 0 Å². The maximum atomic E-state index is 4.72. The summed E-state index contributed by atoms with van der Waals surface area (Å²) in [7, 11) is 0. The van der Waals surface area contributed by atoms with Crippen molar-refractivity contribution in [1.82, 2.24) is 15.0 Å². The number of pyridine rings is 1. The summed E-state index contributed by atoms with van der Waals surface area (Å²) in [4.78, 5) is 16.5. The molecule has 5 rings (SSSR count). The predicted molar refractivity (Wildman–Crippen MR) is 132 cm³/mol. The number of hydrogen-bond donors (Lipinski definition) is 1. The van der Waals surface area contributed by atoms with E-state index >= 15 is 0 Å². The van der Waals surface area contributed by atoms with Crippen molar-refractivity contribution >= 4 is 22.5 Å². The van der Waals surface area contributed by atoms with Crippen molar-refractivity contribution in [1.29, 1.82) is 0 Å². The molecule has 1 aromatic carbocycles.